The van der Waals surface area contributed by atoms with Crippen molar-refractivity contribution < 1.29 is 8.83 Å². The highest BCUT2D eigenvalue weighted by Gasteiger charge is 2.14. The van der Waals surface area contributed by atoms with Gasteiger partial charge in [0.1, 0.15) is 22.3 Å². The van der Waals surface area contributed by atoms with Gasteiger partial charge in [-0.1, -0.05) is 42.5 Å². The van der Waals surface area contributed by atoms with Crippen molar-refractivity contribution in [3.05, 3.63) is 78.4 Å². The molecule has 6 rings (SSSR count). The Balaban J connectivity index is 1.67. The molecule has 0 fully saturated rings. The summed E-state index contributed by atoms with van der Waals surface area (Å²) in [6, 6.07) is 18.9. The van der Waals surface area contributed by atoms with Crippen molar-refractivity contribution in [2.45, 2.75) is 12.8 Å². The van der Waals surface area contributed by atoms with Crippen LogP contribution in [0, 0.1) is 0 Å². The van der Waals surface area contributed by atoms with E-state index in [-0.39, 0.29) is 0 Å². The maximum absolute atomic E-state index is 6.10. The Bertz CT molecular complexity index is 1380. The minimum atomic E-state index is 0.871. The third-order valence-electron chi connectivity index (χ3n) is 5.30. The van der Waals surface area contributed by atoms with Crippen LogP contribution in [0.25, 0.3) is 49.5 Å². The Kier molecular flexibility index (Phi) is 2.75. The Morgan fingerprint density at radius 2 is 1.38 bits per heavy atom. The van der Waals surface area contributed by atoms with Crippen LogP contribution in [0.2, 0.25) is 0 Å². The van der Waals surface area contributed by atoms with E-state index in [9.17, 15) is 0 Å². The monoisotopic (exact) mass is 336 g/mol. The van der Waals surface area contributed by atoms with E-state index in [0.717, 1.165) is 56.7 Å². The first-order valence-electron chi connectivity index (χ1n) is 9.01. The first kappa shape index (κ1) is 14.0. The Labute approximate surface area is 150 Å². The van der Waals surface area contributed by atoms with E-state index in [4.69, 9.17) is 8.83 Å². The van der Waals surface area contributed by atoms with Gasteiger partial charge in [-0.15, -0.1) is 0 Å². The normalized spacial score (nSPS) is 14.7. The molecule has 2 heteroatoms. The molecule has 0 unspecified atom stereocenters. The average Bonchev–Trinajstić information content (AvgIpc) is 3.23. The zero-order valence-corrected chi connectivity index (χ0v) is 14.2. The highest BCUT2D eigenvalue weighted by atomic mass is 16.3. The van der Waals surface area contributed by atoms with Crippen molar-refractivity contribution in [2.75, 3.05) is 0 Å². The molecule has 2 heterocycles. The molecule has 0 bridgehead atoms. The summed E-state index contributed by atoms with van der Waals surface area (Å²) in [5, 5.41) is 4.58. The lowest BCUT2D eigenvalue weighted by molar-refractivity contribution is 0.656. The molecule has 26 heavy (non-hydrogen) atoms. The first-order chi connectivity index (χ1) is 12.9. The molecule has 0 radical (unpaired) electrons. The second-order valence-electron chi connectivity index (χ2n) is 6.89. The lowest BCUT2D eigenvalue weighted by Crippen LogP contribution is -1.85. The standard InChI is InChI=1S/C24H16O2/c1-2-6-15(7-3-1)16-10-11-22-18(12-16)20-13-19-17-8-4-5-9-21(17)25-23(19)14-24(20)26-22/h2,4-14H,1,3H2. The van der Waals surface area contributed by atoms with Gasteiger partial charge < -0.3 is 8.83 Å². The molecule has 124 valence electrons. The lowest BCUT2D eigenvalue weighted by atomic mass is 9.98. The minimum Gasteiger partial charge on any atom is -0.456 e. The third kappa shape index (κ3) is 1.93. The van der Waals surface area contributed by atoms with Crippen LogP contribution in [0.5, 0.6) is 0 Å². The number of para-hydroxylation sites is 1. The topological polar surface area (TPSA) is 26.3 Å². The van der Waals surface area contributed by atoms with E-state index < -0.39 is 0 Å². The summed E-state index contributed by atoms with van der Waals surface area (Å²) < 4.78 is 12.1. The molecule has 1 aliphatic rings. The molecule has 1 aliphatic carbocycles. The highest BCUT2D eigenvalue weighted by molar-refractivity contribution is 6.15. The molecular formula is C24H16O2. The van der Waals surface area contributed by atoms with Crippen molar-refractivity contribution in [1.29, 1.82) is 0 Å². The molecule has 0 aliphatic heterocycles. The van der Waals surface area contributed by atoms with Crippen LogP contribution in [0.15, 0.2) is 81.7 Å². The van der Waals surface area contributed by atoms with Crippen molar-refractivity contribution >= 4 is 49.5 Å². The Morgan fingerprint density at radius 3 is 2.23 bits per heavy atom. The van der Waals surface area contributed by atoms with Gasteiger partial charge in [0.15, 0.2) is 0 Å². The molecule has 0 spiro atoms. The zero-order valence-electron chi connectivity index (χ0n) is 14.2. The van der Waals surface area contributed by atoms with Gasteiger partial charge in [-0.3, -0.25) is 0 Å². The summed E-state index contributed by atoms with van der Waals surface area (Å²) in [6.07, 6.45) is 9.01. The van der Waals surface area contributed by atoms with Crippen molar-refractivity contribution in [3.63, 3.8) is 0 Å². The Hall–Kier alpha value is -3.26. The predicted molar refractivity (Wildman–Crippen MR) is 107 cm³/mol. The average molecular weight is 336 g/mol. The number of hydrogen-bond donors (Lipinski definition) is 0. The number of benzene rings is 3. The fourth-order valence-corrected chi connectivity index (χ4v) is 4.00. The Morgan fingerprint density at radius 1 is 0.615 bits per heavy atom. The summed E-state index contributed by atoms with van der Waals surface area (Å²) in [7, 11) is 0. The van der Waals surface area contributed by atoms with Gasteiger partial charge in [0, 0.05) is 27.6 Å². The molecule has 0 amide bonds. The number of fused-ring (bicyclic) bond motifs is 6. The van der Waals surface area contributed by atoms with E-state index >= 15 is 0 Å². The number of hydrogen-bond acceptors (Lipinski definition) is 2. The SMILES string of the molecule is C1=CC(c2ccc3oc4cc5oc6ccccc6c5cc4c3c2)=CCC1. The lowest BCUT2D eigenvalue weighted by Gasteiger charge is -2.07. The van der Waals surface area contributed by atoms with Crippen molar-refractivity contribution in [1.82, 2.24) is 0 Å². The molecule has 5 aromatic rings. The summed E-state index contributed by atoms with van der Waals surface area (Å²) >= 11 is 0. The number of furan rings is 2. The van der Waals surface area contributed by atoms with Gasteiger partial charge >= 0.3 is 0 Å². The maximum Gasteiger partial charge on any atom is 0.139 e. The van der Waals surface area contributed by atoms with Crippen LogP contribution in [-0.4, -0.2) is 0 Å². The van der Waals surface area contributed by atoms with Crippen LogP contribution in [0.3, 0.4) is 0 Å². The fraction of sp³-hybridized carbons (Fsp3) is 0.0833. The summed E-state index contributed by atoms with van der Waals surface area (Å²) in [5.74, 6) is 0. The number of rotatable bonds is 1. The molecule has 0 saturated heterocycles. The molecule has 0 atom stereocenters. The van der Waals surface area contributed by atoms with Gasteiger partial charge in [-0.05, 0) is 48.2 Å². The molecule has 0 N–H and O–H groups in total. The molecular weight excluding hydrogens is 320 g/mol. The van der Waals surface area contributed by atoms with Crippen LogP contribution < -0.4 is 0 Å². The predicted octanol–water partition coefficient (Wildman–Crippen LogP) is 7.22. The molecule has 3 aromatic carbocycles. The van der Waals surface area contributed by atoms with Crippen LogP contribution >= 0.6 is 0 Å². The van der Waals surface area contributed by atoms with E-state index in [1.54, 1.807) is 0 Å². The quantitative estimate of drug-likeness (QED) is 0.323. The maximum atomic E-state index is 6.10. The second kappa shape index (κ2) is 5.12. The highest BCUT2D eigenvalue weighted by Crippen LogP contribution is 2.37. The third-order valence-corrected chi connectivity index (χ3v) is 5.30. The summed E-state index contributed by atoms with van der Waals surface area (Å²) in [5.41, 5.74) is 6.11. The van der Waals surface area contributed by atoms with E-state index in [0.29, 0.717) is 0 Å². The molecule has 2 nitrogen and oxygen atoms in total. The number of allylic oxidation sites excluding steroid dienone is 4. The van der Waals surface area contributed by atoms with Gasteiger partial charge in [-0.25, -0.2) is 0 Å². The summed E-state index contributed by atoms with van der Waals surface area (Å²) in [6.45, 7) is 0. The smallest absolute Gasteiger partial charge is 0.139 e. The van der Waals surface area contributed by atoms with Crippen molar-refractivity contribution in [2.24, 2.45) is 0 Å². The van der Waals surface area contributed by atoms with Gasteiger partial charge in [-0.2, -0.15) is 0 Å². The van der Waals surface area contributed by atoms with Gasteiger partial charge in [0.25, 0.3) is 0 Å². The van der Waals surface area contributed by atoms with Crippen LogP contribution in [-0.2, 0) is 0 Å². The largest absolute Gasteiger partial charge is 0.456 e. The first-order valence-corrected chi connectivity index (χ1v) is 9.01. The molecule has 0 saturated carbocycles. The summed E-state index contributed by atoms with van der Waals surface area (Å²) in [4.78, 5) is 0. The van der Waals surface area contributed by atoms with E-state index in [1.165, 1.54) is 11.1 Å². The van der Waals surface area contributed by atoms with Crippen molar-refractivity contribution in [3.8, 4) is 0 Å². The second-order valence-corrected chi connectivity index (χ2v) is 6.89. The molecule has 2 aromatic heterocycles. The van der Waals surface area contributed by atoms with Crippen LogP contribution in [0.4, 0.5) is 0 Å². The minimum absolute atomic E-state index is 0.871. The van der Waals surface area contributed by atoms with E-state index in [1.807, 2.05) is 18.2 Å². The zero-order chi connectivity index (χ0) is 17.1. The van der Waals surface area contributed by atoms with Gasteiger partial charge in [0.2, 0.25) is 0 Å². The van der Waals surface area contributed by atoms with E-state index in [2.05, 4.69) is 54.6 Å². The van der Waals surface area contributed by atoms with Crippen LogP contribution in [0.1, 0.15) is 18.4 Å². The van der Waals surface area contributed by atoms with Gasteiger partial charge in [0.05, 0.1) is 0 Å². The fourth-order valence-electron chi connectivity index (χ4n) is 4.00.